The van der Waals surface area contributed by atoms with Gasteiger partial charge in [0.05, 0.1) is 18.6 Å². The van der Waals surface area contributed by atoms with Crippen LogP contribution in [0.25, 0.3) is 11.1 Å². The molecule has 2 aromatic carbocycles. The third-order valence-corrected chi connectivity index (χ3v) is 5.45. The van der Waals surface area contributed by atoms with E-state index in [1.807, 2.05) is 12.1 Å². The van der Waals surface area contributed by atoms with Gasteiger partial charge in [-0.15, -0.1) is 0 Å². The lowest BCUT2D eigenvalue weighted by molar-refractivity contribution is -0.157. The van der Waals surface area contributed by atoms with Gasteiger partial charge in [0.15, 0.2) is 0 Å². The van der Waals surface area contributed by atoms with E-state index >= 15 is 0 Å². The molecule has 0 aliphatic rings. The van der Waals surface area contributed by atoms with Gasteiger partial charge in [-0.1, -0.05) is 35.9 Å². The molecule has 0 unspecified atom stereocenters. The minimum Gasteiger partial charge on any atom is -0.466 e. The SMILES string of the molecule is CCOC(=O)[C@](C)(CO)C[C@@H](Cc1ccc(-c2cc(Cl)ccc2F)cc1)NC(=O)OC(C)(C)C. The Balaban J connectivity index is 2.27. The highest BCUT2D eigenvalue weighted by molar-refractivity contribution is 6.30. The van der Waals surface area contributed by atoms with E-state index in [1.165, 1.54) is 12.1 Å². The van der Waals surface area contributed by atoms with E-state index in [4.69, 9.17) is 21.1 Å². The van der Waals surface area contributed by atoms with Crippen molar-refractivity contribution in [3.05, 3.63) is 58.9 Å². The molecular formula is C26H33ClFNO5. The summed E-state index contributed by atoms with van der Waals surface area (Å²) < 4.78 is 24.7. The molecule has 2 N–H and O–H groups in total. The Morgan fingerprint density at radius 1 is 1.12 bits per heavy atom. The Morgan fingerprint density at radius 2 is 1.76 bits per heavy atom. The zero-order chi connectivity index (χ0) is 25.5. The molecule has 0 spiro atoms. The summed E-state index contributed by atoms with van der Waals surface area (Å²) in [6.45, 7) is 8.30. The molecule has 6 nitrogen and oxygen atoms in total. The van der Waals surface area contributed by atoms with E-state index in [9.17, 15) is 19.1 Å². The second-order valence-electron chi connectivity index (χ2n) is 9.51. The normalized spacial score (nSPS) is 14.1. The topological polar surface area (TPSA) is 84.9 Å². The van der Waals surface area contributed by atoms with E-state index in [0.717, 1.165) is 5.56 Å². The Hall–Kier alpha value is -2.64. The summed E-state index contributed by atoms with van der Waals surface area (Å²) in [4.78, 5) is 25.0. The summed E-state index contributed by atoms with van der Waals surface area (Å²) in [5.41, 5.74) is -0.0145. The van der Waals surface area contributed by atoms with Crippen LogP contribution in [0.3, 0.4) is 0 Å². The molecular weight excluding hydrogens is 461 g/mol. The highest BCUT2D eigenvalue weighted by atomic mass is 35.5. The number of nitrogens with one attached hydrogen (secondary N) is 1. The molecule has 186 valence electrons. The van der Waals surface area contributed by atoms with Crippen LogP contribution in [0.5, 0.6) is 0 Å². The van der Waals surface area contributed by atoms with Crippen LogP contribution in [0.4, 0.5) is 9.18 Å². The van der Waals surface area contributed by atoms with Crippen LogP contribution in [0.2, 0.25) is 5.02 Å². The van der Waals surface area contributed by atoms with Crippen LogP contribution in [0, 0.1) is 11.2 Å². The number of carbonyl (C=O) groups is 2. The molecule has 2 aromatic rings. The van der Waals surface area contributed by atoms with Gasteiger partial charge in [0.25, 0.3) is 0 Å². The largest absolute Gasteiger partial charge is 0.466 e. The molecule has 1 amide bonds. The van der Waals surface area contributed by atoms with Crippen LogP contribution in [0.1, 0.15) is 46.6 Å². The maximum Gasteiger partial charge on any atom is 0.407 e. The number of aliphatic hydroxyl groups excluding tert-OH is 1. The van der Waals surface area contributed by atoms with Gasteiger partial charge in [-0.25, -0.2) is 9.18 Å². The number of ether oxygens (including phenoxy) is 2. The number of hydrogen-bond donors (Lipinski definition) is 2. The van der Waals surface area contributed by atoms with Gasteiger partial charge >= 0.3 is 12.1 Å². The molecule has 34 heavy (non-hydrogen) atoms. The van der Waals surface area contributed by atoms with Crippen LogP contribution >= 0.6 is 11.6 Å². The summed E-state index contributed by atoms with van der Waals surface area (Å²) in [6, 6.07) is 11.0. The third-order valence-electron chi connectivity index (χ3n) is 5.21. The minimum absolute atomic E-state index is 0.131. The van der Waals surface area contributed by atoms with Gasteiger partial charge < -0.3 is 19.9 Å². The monoisotopic (exact) mass is 493 g/mol. The van der Waals surface area contributed by atoms with Crippen LogP contribution < -0.4 is 5.32 Å². The molecule has 0 fully saturated rings. The number of hydrogen-bond acceptors (Lipinski definition) is 5. The van der Waals surface area contributed by atoms with Crippen LogP contribution in [0.15, 0.2) is 42.5 Å². The van der Waals surface area contributed by atoms with E-state index < -0.39 is 35.7 Å². The van der Waals surface area contributed by atoms with Crippen molar-refractivity contribution in [1.82, 2.24) is 5.32 Å². The Labute approximate surface area is 205 Å². The molecule has 0 bridgehead atoms. The highest BCUT2D eigenvalue weighted by Crippen LogP contribution is 2.29. The van der Waals surface area contributed by atoms with Crippen molar-refractivity contribution in [2.45, 2.75) is 59.1 Å². The van der Waals surface area contributed by atoms with E-state index in [1.54, 1.807) is 52.8 Å². The second kappa shape index (κ2) is 11.7. The molecule has 0 saturated carbocycles. The average Bonchev–Trinajstić information content (AvgIpc) is 2.74. The van der Waals surface area contributed by atoms with Crippen molar-refractivity contribution in [3.63, 3.8) is 0 Å². The molecule has 0 radical (unpaired) electrons. The van der Waals surface area contributed by atoms with Crippen molar-refractivity contribution < 1.29 is 28.6 Å². The summed E-state index contributed by atoms with van der Waals surface area (Å²) in [6.07, 6.45) is -0.141. The Kier molecular flexibility index (Phi) is 9.47. The number of alkyl carbamates (subject to hydrolysis) is 1. The van der Waals surface area contributed by atoms with Gasteiger partial charge in [-0.05, 0) is 76.8 Å². The van der Waals surface area contributed by atoms with Gasteiger partial charge in [0.2, 0.25) is 0 Å². The molecule has 0 saturated heterocycles. The lowest BCUT2D eigenvalue weighted by atomic mass is 9.82. The Bertz CT molecular complexity index is 990. The van der Waals surface area contributed by atoms with Crippen molar-refractivity contribution in [2.75, 3.05) is 13.2 Å². The van der Waals surface area contributed by atoms with Gasteiger partial charge in [0.1, 0.15) is 11.4 Å². The lowest BCUT2D eigenvalue weighted by Crippen LogP contribution is -2.46. The molecule has 2 atom stereocenters. The number of benzene rings is 2. The first-order valence-electron chi connectivity index (χ1n) is 11.2. The van der Waals surface area contributed by atoms with Crippen LogP contribution in [-0.2, 0) is 20.7 Å². The molecule has 0 aromatic heterocycles. The maximum atomic E-state index is 14.2. The molecule has 2 rings (SSSR count). The summed E-state index contributed by atoms with van der Waals surface area (Å²) in [7, 11) is 0. The third kappa shape index (κ3) is 7.99. The summed E-state index contributed by atoms with van der Waals surface area (Å²) in [5.74, 6) is -0.921. The first-order valence-corrected chi connectivity index (χ1v) is 11.6. The lowest BCUT2D eigenvalue weighted by Gasteiger charge is -2.31. The fourth-order valence-electron chi connectivity index (χ4n) is 3.53. The average molecular weight is 494 g/mol. The Morgan fingerprint density at radius 3 is 2.32 bits per heavy atom. The predicted molar refractivity (Wildman–Crippen MR) is 130 cm³/mol. The number of carbonyl (C=O) groups excluding carboxylic acids is 2. The predicted octanol–water partition coefficient (Wildman–Crippen LogP) is 5.53. The fraction of sp³-hybridized carbons (Fsp3) is 0.462. The van der Waals surface area contributed by atoms with E-state index in [0.29, 0.717) is 22.6 Å². The van der Waals surface area contributed by atoms with Gasteiger partial charge in [-0.3, -0.25) is 4.79 Å². The molecule has 0 aliphatic heterocycles. The van der Waals surface area contributed by atoms with Crippen molar-refractivity contribution in [3.8, 4) is 11.1 Å². The first kappa shape index (κ1) is 27.6. The zero-order valence-corrected chi connectivity index (χ0v) is 21.0. The second-order valence-corrected chi connectivity index (χ2v) is 9.95. The van der Waals surface area contributed by atoms with Crippen molar-refractivity contribution in [2.24, 2.45) is 5.41 Å². The van der Waals surface area contributed by atoms with Crippen LogP contribution in [-0.4, -0.2) is 42.0 Å². The summed E-state index contributed by atoms with van der Waals surface area (Å²) >= 11 is 6.01. The number of esters is 1. The quantitative estimate of drug-likeness (QED) is 0.448. The molecule has 0 heterocycles. The molecule has 8 heteroatoms. The van der Waals surface area contributed by atoms with Crippen molar-refractivity contribution >= 4 is 23.7 Å². The van der Waals surface area contributed by atoms with E-state index in [-0.39, 0.29) is 18.8 Å². The first-order chi connectivity index (χ1) is 15.9. The minimum atomic E-state index is -1.21. The van der Waals surface area contributed by atoms with E-state index in [2.05, 4.69) is 5.32 Å². The number of aliphatic hydroxyl groups is 1. The molecule has 0 aliphatic carbocycles. The zero-order valence-electron chi connectivity index (χ0n) is 20.3. The van der Waals surface area contributed by atoms with Gasteiger partial charge in [-0.2, -0.15) is 0 Å². The number of rotatable bonds is 9. The summed E-state index contributed by atoms with van der Waals surface area (Å²) in [5, 5.41) is 13.2. The smallest absolute Gasteiger partial charge is 0.407 e. The van der Waals surface area contributed by atoms with Gasteiger partial charge in [0, 0.05) is 16.6 Å². The number of halogens is 2. The fourth-order valence-corrected chi connectivity index (χ4v) is 3.71. The highest BCUT2D eigenvalue weighted by Gasteiger charge is 2.37. The van der Waals surface area contributed by atoms with Crippen molar-refractivity contribution in [1.29, 1.82) is 0 Å². The maximum absolute atomic E-state index is 14.2. The number of amides is 1. The standard InChI is InChI=1S/C26H33ClFNO5/c1-6-33-23(31)26(5,16-30)15-20(29-24(32)34-25(2,3)4)13-17-7-9-18(10-8-17)21-14-19(27)11-12-22(21)28/h7-12,14,20,30H,6,13,15-16H2,1-5H3,(H,29,32)/t20-,26+/m1/s1.